The van der Waals surface area contributed by atoms with Crippen LogP contribution in [0.15, 0.2) is 24.3 Å². The van der Waals surface area contributed by atoms with Gasteiger partial charge in [0.2, 0.25) is 23.6 Å². The van der Waals surface area contributed by atoms with Gasteiger partial charge in [0.25, 0.3) is 15.6 Å². The van der Waals surface area contributed by atoms with E-state index in [1.807, 2.05) is 0 Å². The number of carbonyl (C=O) groups excluding carboxylic acids is 7. The Bertz CT molecular complexity index is 2530. The molecule has 0 aromatic heterocycles. The van der Waals surface area contributed by atoms with Crippen LogP contribution in [-0.2, 0) is 79.7 Å². The Kier molecular flexibility index (Phi) is 89.5. The van der Waals surface area contributed by atoms with Gasteiger partial charge >= 0.3 is 65.1 Å². The summed E-state index contributed by atoms with van der Waals surface area (Å²) in [6.07, 6.45) is 56.6. The van der Waals surface area contributed by atoms with E-state index in [0.29, 0.717) is 51.4 Å². The van der Waals surface area contributed by atoms with Gasteiger partial charge in [-0.25, -0.2) is 0 Å². The van der Waals surface area contributed by atoms with Crippen molar-refractivity contribution >= 4 is 56.8 Å². The van der Waals surface area contributed by atoms with Crippen LogP contribution >= 0.6 is 15.6 Å². The second kappa shape index (κ2) is 87.7. The number of aliphatic hydroxyl groups is 1. The summed E-state index contributed by atoms with van der Waals surface area (Å²) in [5, 5.41) is 21.5. The van der Waals surface area contributed by atoms with Crippen LogP contribution in [-0.4, -0.2) is 143 Å². The molecule has 24 nitrogen and oxygen atoms in total. The third-order valence-corrected chi connectivity index (χ3v) is 22.1. The summed E-state index contributed by atoms with van der Waals surface area (Å²) in [6.45, 7) is 10.6. The first-order valence-corrected chi connectivity index (χ1v) is 49.0. The summed E-state index contributed by atoms with van der Waals surface area (Å²) in [5.74, 6) is -2.77. The van der Waals surface area contributed by atoms with Crippen LogP contribution < -0.4 is 90.2 Å². The van der Waals surface area contributed by atoms with Crippen molar-refractivity contribution in [2.24, 2.45) is 0 Å². The van der Waals surface area contributed by atoms with Gasteiger partial charge in [-0.2, -0.15) is 0 Å². The Morgan fingerprint density at radius 1 is 0.342 bits per heavy atom. The minimum absolute atomic E-state index is 0. The first kappa shape index (κ1) is 119. The topological polar surface area (TPSA) is 342 Å². The average Bonchev–Trinajstić information content (AvgIpc) is 0.909. The van der Waals surface area contributed by atoms with E-state index in [4.69, 9.17) is 37.0 Å². The zero-order valence-electron chi connectivity index (χ0n) is 75.2. The molecule has 0 aliphatic carbocycles. The van der Waals surface area contributed by atoms with Gasteiger partial charge in [-0.1, -0.05) is 271 Å². The number of ketones is 2. The number of allylic oxidation sites excluding steroid dienone is 4. The molecule has 7 unspecified atom stereocenters. The number of hydrogen-bond acceptors (Lipinski definition) is 20. The van der Waals surface area contributed by atoms with Gasteiger partial charge in [0.15, 0.2) is 6.29 Å². The number of phosphoric acid groups is 2. The van der Waals surface area contributed by atoms with Crippen molar-refractivity contribution in [1.82, 2.24) is 21.3 Å². The van der Waals surface area contributed by atoms with Gasteiger partial charge in [-0.15, -0.1) is 0 Å². The zero-order chi connectivity index (χ0) is 84.6. The second-order valence-corrected chi connectivity index (χ2v) is 34.3. The van der Waals surface area contributed by atoms with Gasteiger partial charge in [-0.3, -0.25) is 42.7 Å². The van der Waals surface area contributed by atoms with E-state index in [1.54, 1.807) is 0 Å². The summed E-state index contributed by atoms with van der Waals surface area (Å²) in [4.78, 5) is 117. The number of nitrogens with one attached hydrogen (secondary N) is 4. The van der Waals surface area contributed by atoms with E-state index in [9.17, 15) is 57.6 Å². The van der Waals surface area contributed by atoms with Crippen LogP contribution in [0.1, 0.15) is 408 Å². The molecule has 0 saturated carbocycles. The van der Waals surface area contributed by atoms with Crippen molar-refractivity contribution in [3.63, 3.8) is 0 Å². The SMILES string of the molecule is CCCCCC/C=C\CCCC(=O)OC(CCCCCCC)CCOCC(COP(=O)([O-])OCCNC(=O)CCCCC(=O)NCCOP(=O)([O-])OCC(COCCC(CCCCCCC)OC(O)CCC/C=C\CCCCCC)NC(=O)CC(=O)CCCCCCCCCCCC)NC(=O)CC(=O)CCCCCCCCCCC.[Na+].[Na+]. The first-order valence-electron chi connectivity index (χ1n) is 46.1. The standard InChI is InChI=1S/C89H168N4O20P2.2Na/c1-7-13-19-25-29-33-37-39-45-49-57-81(95)73-87(99)93-79(75-107-69-65-83(59-51-43-24-18-12-6)113-89(101)63-53-47-41-36-32-28-22-16-10-4)77-111-115(104,105)109-71-67-91-85(97)61-55-54-60-84(96)90-66-70-108-114(102,103)110-76-78(92-86(98)72-80(94)56-48-44-38-34-30-26-20-14-8-2)74-106-68-64-82(58-50-42-23-17-11-5)112-88(100)62-52-46-40-35-31-27-21-15-9-3;;/h35-36,40-41,78-79,82-83,89,101H,7-34,37-39,42-77H2,1-6H3,(H,90,96)(H,91,97)(H,92,98)(H,93,99)(H,102,103)(H,104,105);;/q;2*+1/p-2/b40-35-,41-36-;;. The maximum Gasteiger partial charge on any atom is 1.00 e. The maximum atomic E-state index is 13.3. The summed E-state index contributed by atoms with van der Waals surface area (Å²) < 4.78 is 70.7. The molecule has 7 atom stereocenters. The number of ether oxygens (including phenoxy) is 4. The third-order valence-electron chi connectivity index (χ3n) is 20.2. The minimum Gasteiger partial charge on any atom is -0.756 e. The van der Waals surface area contributed by atoms with Crippen molar-refractivity contribution in [3.05, 3.63) is 24.3 Å². The van der Waals surface area contributed by atoms with Crippen LogP contribution in [0, 0.1) is 0 Å². The third kappa shape index (κ3) is 84.8. The fourth-order valence-corrected chi connectivity index (χ4v) is 14.7. The summed E-state index contributed by atoms with van der Waals surface area (Å²) >= 11 is 0. The summed E-state index contributed by atoms with van der Waals surface area (Å²) in [5.41, 5.74) is 0. The fourth-order valence-electron chi connectivity index (χ4n) is 13.2. The Morgan fingerprint density at radius 2 is 0.667 bits per heavy atom. The Labute approximate surface area is 754 Å². The van der Waals surface area contributed by atoms with Gasteiger partial charge in [-0.05, 0) is 109 Å². The molecule has 0 aliphatic heterocycles. The molecule has 0 aromatic rings. The first-order chi connectivity index (χ1) is 55.7. The average molecular weight is 1720 g/mol. The number of aliphatic hydroxyl groups excluding tert-OH is 1. The predicted octanol–water partition coefficient (Wildman–Crippen LogP) is 13.5. The number of phosphoric ester groups is 2. The molecule has 28 heteroatoms. The zero-order valence-corrected chi connectivity index (χ0v) is 81.0. The molecule has 0 bridgehead atoms. The molecule has 0 heterocycles. The van der Waals surface area contributed by atoms with Gasteiger partial charge in [0.05, 0.1) is 77.3 Å². The largest absolute Gasteiger partial charge is 1.00 e. The van der Waals surface area contributed by atoms with E-state index >= 15 is 0 Å². The van der Waals surface area contributed by atoms with Crippen LogP contribution in [0.5, 0.6) is 0 Å². The van der Waals surface area contributed by atoms with Crippen LogP contribution in [0.4, 0.5) is 0 Å². The van der Waals surface area contributed by atoms with Crippen molar-refractivity contribution in [2.45, 2.75) is 438 Å². The molecule has 117 heavy (non-hydrogen) atoms. The number of esters is 1. The summed E-state index contributed by atoms with van der Waals surface area (Å²) in [6, 6.07) is -1.99. The van der Waals surface area contributed by atoms with Crippen molar-refractivity contribution in [1.29, 1.82) is 0 Å². The van der Waals surface area contributed by atoms with Crippen LogP contribution in [0.2, 0.25) is 0 Å². The molecule has 0 aliphatic rings. The number of unbranched alkanes of at least 4 members (excludes halogenated alkanes) is 36. The Morgan fingerprint density at radius 3 is 1.06 bits per heavy atom. The quantitative estimate of drug-likeness (QED) is 0.00718. The van der Waals surface area contributed by atoms with Gasteiger partial charge in [0, 0.05) is 58.2 Å². The van der Waals surface area contributed by atoms with Gasteiger partial charge < -0.3 is 73.2 Å². The molecule has 0 radical (unpaired) electrons. The molecular formula is C89H166N4Na2O20P2. The Balaban J connectivity index is -0.0000650. The number of rotatable bonds is 89. The van der Waals surface area contributed by atoms with E-state index in [-0.39, 0.29) is 174 Å². The molecule has 0 saturated heterocycles. The van der Waals surface area contributed by atoms with Crippen molar-refractivity contribution in [3.8, 4) is 0 Å². The molecule has 0 spiro atoms. The second-order valence-electron chi connectivity index (χ2n) is 31.5. The number of amides is 4. The molecule has 0 rings (SSSR count). The van der Waals surface area contributed by atoms with Crippen molar-refractivity contribution < 1.29 is 154 Å². The number of Topliss-reactive ketones (excluding diaryl/α,β-unsaturated/α-hetero) is 2. The van der Waals surface area contributed by atoms with Crippen LogP contribution in [0.3, 0.4) is 0 Å². The smallest absolute Gasteiger partial charge is 0.756 e. The molecule has 5 N–H and O–H groups in total. The minimum atomic E-state index is -5.00. The Hall–Kier alpha value is -1.77. The maximum absolute atomic E-state index is 13.3. The van der Waals surface area contributed by atoms with Crippen LogP contribution in [0.25, 0.3) is 0 Å². The predicted molar refractivity (Wildman–Crippen MR) is 457 cm³/mol. The molecule has 0 aromatic carbocycles. The van der Waals surface area contributed by atoms with Gasteiger partial charge in [0.1, 0.15) is 17.7 Å². The molecule has 674 valence electrons. The fraction of sp³-hybridized carbons (Fsp3) is 0.876. The van der Waals surface area contributed by atoms with E-state index in [2.05, 4.69) is 87.1 Å². The summed E-state index contributed by atoms with van der Waals surface area (Å²) in [7, 11) is -9.99. The van der Waals surface area contributed by atoms with E-state index in [0.717, 1.165) is 148 Å². The number of carbonyl (C=O) groups is 7. The van der Waals surface area contributed by atoms with E-state index in [1.165, 1.54) is 116 Å². The molecule has 0 fully saturated rings. The number of hydrogen-bond donors (Lipinski definition) is 5. The monoisotopic (exact) mass is 1720 g/mol. The molecular weight excluding hydrogens is 1550 g/mol. The molecule has 4 amide bonds. The van der Waals surface area contributed by atoms with Crippen molar-refractivity contribution in [2.75, 3.05) is 65.9 Å². The normalized spacial score (nSPS) is 13.9. The van der Waals surface area contributed by atoms with E-state index < -0.39 is 90.2 Å².